The molecule has 2 nitrogen and oxygen atoms in total. The predicted molar refractivity (Wildman–Crippen MR) is 61.3 cm³/mol. The van der Waals surface area contributed by atoms with Crippen LogP contribution in [-0.2, 0) is 24.1 Å². The maximum absolute atomic E-state index is 10.8. The van der Waals surface area contributed by atoms with E-state index in [-0.39, 0.29) is 6.42 Å². The minimum absolute atomic E-state index is 0.145. The zero-order valence-corrected chi connectivity index (χ0v) is 9.63. The molecule has 1 N–H and O–H groups in total. The first-order valence-corrected chi connectivity index (χ1v) is 5.41. The van der Waals surface area contributed by atoms with Crippen molar-refractivity contribution in [3.8, 4) is 0 Å². The Bertz CT molecular complexity index is 342. The van der Waals surface area contributed by atoms with Gasteiger partial charge < -0.3 is 5.11 Å². The van der Waals surface area contributed by atoms with Crippen LogP contribution in [0, 0.1) is 6.92 Å². The summed E-state index contributed by atoms with van der Waals surface area (Å²) in [6.07, 6.45) is 1.95. The molecule has 0 heterocycles. The van der Waals surface area contributed by atoms with Crippen molar-refractivity contribution in [1.29, 1.82) is 0 Å². The van der Waals surface area contributed by atoms with Gasteiger partial charge in [-0.25, -0.2) is 0 Å². The van der Waals surface area contributed by atoms with Gasteiger partial charge in [-0.3, -0.25) is 4.79 Å². The molecule has 0 fully saturated rings. The number of hydrogen-bond acceptors (Lipinski definition) is 1. The Morgan fingerprint density at radius 1 is 1.20 bits per heavy atom. The Kier molecular flexibility index (Phi) is 3.89. The highest BCUT2D eigenvalue weighted by Gasteiger charge is 2.10. The summed E-state index contributed by atoms with van der Waals surface area (Å²) < 4.78 is 0. The van der Waals surface area contributed by atoms with Gasteiger partial charge >= 0.3 is 5.97 Å². The Balaban J connectivity index is 3.23. The number of carbonyl (C=O) groups is 1. The predicted octanol–water partition coefficient (Wildman–Crippen LogP) is 2.75. The lowest BCUT2D eigenvalue weighted by Gasteiger charge is -2.12. The molecular weight excluding hydrogens is 188 g/mol. The summed E-state index contributed by atoms with van der Waals surface area (Å²) in [5, 5.41) is 8.88. The van der Waals surface area contributed by atoms with Gasteiger partial charge in [-0.2, -0.15) is 0 Å². The SMILES string of the molecule is CCc1cc(C)cc(CC)c1CC(=O)O. The number of hydrogen-bond donors (Lipinski definition) is 1. The average molecular weight is 206 g/mol. The van der Waals surface area contributed by atoms with Gasteiger partial charge in [0.15, 0.2) is 0 Å². The molecule has 0 aliphatic rings. The van der Waals surface area contributed by atoms with Crippen LogP contribution in [0.15, 0.2) is 12.1 Å². The summed E-state index contributed by atoms with van der Waals surface area (Å²) >= 11 is 0. The highest BCUT2D eigenvalue weighted by atomic mass is 16.4. The summed E-state index contributed by atoms with van der Waals surface area (Å²) in [4.78, 5) is 10.8. The van der Waals surface area contributed by atoms with Crippen LogP contribution in [0.2, 0.25) is 0 Å². The summed E-state index contributed by atoms with van der Waals surface area (Å²) in [5.74, 6) is -0.747. The molecule has 0 saturated heterocycles. The Morgan fingerprint density at radius 3 is 2.00 bits per heavy atom. The van der Waals surface area contributed by atoms with Gasteiger partial charge in [0.2, 0.25) is 0 Å². The monoisotopic (exact) mass is 206 g/mol. The highest BCUT2D eigenvalue weighted by Crippen LogP contribution is 2.19. The molecule has 0 aliphatic carbocycles. The van der Waals surface area contributed by atoms with Gasteiger partial charge in [0.25, 0.3) is 0 Å². The molecule has 15 heavy (non-hydrogen) atoms. The van der Waals surface area contributed by atoms with Crippen LogP contribution >= 0.6 is 0 Å². The van der Waals surface area contributed by atoms with Gasteiger partial charge in [-0.05, 0) is 36.5 Å². The average Bonchev–Trinajstić information content (AvgIpc) is 2.19. The van der Waals surface area contributed by atoms with Crippen molar-refractivity contribution in [1.82, 2.24) is 0 Å². The molecule has 1 aromatic carbocycles. The van der Waals surface area contributed by atoms with Crippen LogP contribution in [0.25, 0.3) is 0 Å². The molecule has 0 spiro atoms. The smallest absolute Gasteiger partial charge is 0.307 e. The maximum atomic E-state index is 10.8. The van der Waals surface area contributed by atoms with Crippen LogP contribution in [0.3, 0.4) is 0 Å². The quantitative estimate of drug-likeness (QED) is 0.822. The van der Waals surface area contributed by atoms with Crippen LogP contribution < -0.4 is 0 Å². The third kappa shape index (κ3) is 2.82. The fraction of sp³-hybridized carbons (Fsp3) is 0.462. The van der Waals surface area contributed by atoms with Crippen molar-refractivity contribution in [2.75, 3.05) is 0 Å². The van der Waals surface area contributed by atoms with Gasteiger partial charge in [0.05, 0.1) is 6.42 Å². The van der Waals surface area contributed by atoms with Crippen molar-refractivity contribution in [3.05, 3.63) is 34.4 Å². The zero-order valence-electron chi connectivity index (χ0n) is 9.63. The Labute approximate surface area is 90.9 Å². The molecule has 82 valence electrons. The first-order chi connectivity index (χ1) is 7.08. The van der Waals surface area contributed by atoms with Crippen LogP contribution in [0.5, 0.6) is 0 Å². The molecule has 1 rings (SSSR count). The number of rotatable bonds is 4. The minimum Gasteiger partial charge on any atom is -0.481 e. The molecule has 0 aliphatic heterocycles. The van der Waals surface area contributed by atoms with Gasteiger partial charge in [0, 0.05) is 0 Å². The lowest BCUT2D eigenvalue weighted by molar-refractivity contribution is -0.136. The van der Waals surface area contributed by atoms with Crippen molar-refractivity contribution in [2.45, 2.75) is 40.0 Å². The molecule has 0 bridgehead atoms. The Hall–Kier alpha value is -1.31. The molecule has 0 amide bonds. The summed E-state index contributed by atoms with van der Waals surface area (Å²) in [7, 11) is 0. The summed E-state index contributed by atoms with van der Waals surface area (Å²) in [6, 6.07) is 4.19. The summed E-state index contributed by atoms with van der Waals surface area (Å²) in [6.45, 7) is 6.20. The second kappa shape index (κ2) is 4.96. The normalized spacial score (nSPS) is 10.3. The molecule has 1 aromatic rings. The number of aliphatic carboxylic acids is 1. The number of carboxylic acid groups (broad SMARTS) is 1. The number of carboxylic acids is 1. The topological polar surface area (TPSA) is 37.3 Å². The van der Waals surface area contributed by atoms with Gasteiger partial charge in [-0.15, -0.1) is 0 Å². The molecule has 0 atom stereocenters. The molecule has 0 radical (unpaired) electrons. The van der Waals surface area contributed by atoms with Crippen LogP contribution in [0.1, 0.15) is 36.1 Å². The first kappa shape index (κ1) is 11.8. The lowest BCUT2D eigenvalue weighted by atomic mass is 9.93. The molecular formula is C13H18O2. The van der Waals surface area contributed by atoms with E-state index in [1.54, 1.807) is 0 Å². The maximum Gasteiger partial charge on any atom is 0.307 e. The van der Waals surface area contributed by atoms with E-state index < -0.39 is 5.97 Å². The lowest BCUT2D eigenvalue weighted by Crippen LogP contribution is -2.07. The fourth-order valence-electron chi connectivity index (χ4n) is 1.98. The van der Waals surface area contributed by atoms with Crippen molar-refractivity contribution < 1.29 is 9.90 Å². The van der Waals surface area contributed by atoms with Crippen molar-refractivity contribution >= 4 is 5.97 Å². The number of aryl methyl sites for hydroxylation is 3. The minimum atomic E-state index is -0.747. The zero-order chi connectivity index (χ0) is 11.4. The van der Waals surface area contributed by atoms with E-state index in [0.29, 0.717) is 0 Å². The fourth-order valence-corrected chi connectivity index (χ4v) is 1.98. The first-order valence-electron chi connectivity index (χ1n) is 5.41. The second-order valence-electron chi connectivity index (χ2n) is 3.84. The van der Waals surface area contributed by atoms with E-state index in [0.717, 1.165) is 18.4 Å². The van der Waals surface area contributed by atoms with Crippen LogP contribution in [-0.4, -0.2) is 11.1 Å². The van der Waals surface area contributed by atoms with Crippen molar-refractivity contribution in [2.24, 2.45) is 0 Å². The second-order valence-corrected chi connectivity index (χ2v) is 3.84. The van der Waals surface area contributed by atoms with E-state index in [1.807, 2.05) is 0 Å². The van der Waals surface area contributed by atoms with Crippen molar-refractivity contribution in [3.63, 3.8) is 0 Å². The van der Waals surface area contributed by atoms with Gasteiger partial charge in [0.1, 0.15) is 0 Å². The summed E-state index contributed by atoms with van der Waals surface area (Å²) in [5.41, 5.74) is 4.58. The molecule has 2 heteroatoms. The molecule has 0 saturated carbocycles. The van der Waals surface area contributed by atoms with E-state index in [2.05, 4.69) is 32.9 Å². The van der Waals surface area contributed by atoms with Crippen LogP contribution in [0.4, 0.5) is 0 Å². The number of benzene rings is 1. The van der Waals surface area contributed by atoms with E-state index in [9.17, 15) is 4.79 Å². The largest absolute Gasteiger partial charge is 0.481 e. The van der Waals surface area contributed by atoms with E-state index >= 15 is 0 Å². The molecule has 0 unspecified atom stereocenters. The Morgan fingerprint density at radius 2 is 1.67 bits per heavy atom. The van der Waals surface area contributed by atoms with Gasteiger partial charge in [-0.1, -0.05) is 31.5 Å². The third-order valence-electron chi connectivity index (χ3n) is 2.67. The molecule has 0 aromatic heterocycles. The van der Waals surface area contributed by atoms with E-state index in [1.165, 1.54) is 16.7 Å². The van der Waals surface area contributed by atoms with E-state index in [4.69, 9.17) is 5.11 Å². The standard InChI is InChI=1S/C13H18O2/c1-4-10-6-9(3)7-11(5-2)12(10)8-13(14)15/h6-7H,4-5,8H2,1-3H3,(H,14,15). The highest BCUT2D eigenvalue weighted by molar-refractivity contribution is 5.71. The third-order valence-corrected chi connectivity index (χ3v) is 2.67.